The van der Waals surface area contributed by atoms with Crippen LogP contribution in [0.3, 0.4) is 0 Å². The maximum Gasteiger partial charge on any atom is 0.160 e. The zero-order valence-electron chi connectivity index (χ0n) is 19.8. The number of fused-ring (bicyclic) bond motifs is 3. The van der Waals surface area contributed by atoms with Gasteiger partial charge in [-0.05, 0) is 61.8 Å². The lowest BCUT2D eigenvalue weighted by atomic mass is 9.98. The summed E-state index contributed by atoms with van der Waals surface area (Å²) in [6, 6.07) is 20.0. The van der Waals surface area contributed by atoms with Gasteiger partial charge in [-0.25, -0.2) is 0 Å². The molecule has 5 rings (SSSR count). The first-order valence-electron chi connectivity index (χ1n) is 11.7. The van der Waals surface area contributed by atoms with E-state index in [0.29, 0.717) is 12.5 Å². The van der Waals surface area contributed by atoms with Crippen molar-refractivity contribution in [3.63, 3.8) is 0 Å². The Morgan fingerprint density at radius 3 is 2.42 bits per heavy atom. The fourth-order valence-electron chi connectivity index (χ4n) is 4.55. The Bertz CT molecular complexity index is 1310. The molecule has 0 atom stereocenters. The van der Waals surface area contributed by atoms with Gasteiger partial charge < -0.3 is 0 Å². The van der Waals surface area contributed by atoms with Gasteiger partial charge in [0, 0.05) is 16.0 Å². The third-order valence-corrected chi connectivity index (χ3v) is 7.40. The summed E-state index contributed by atoms with van der Waals surface area (Å²) < 4.78 is 2.19. The summed E-state index contributed by atoms with van der Waals surface area (Å²) in [5.41, 5.74) is 7.50. The molecule has 33 heavy (non-hydrogen) atoms. The topological polar surface area (TPSA) is 43.1 Å². The molecule has 0 bridgehead atoms. The predicted molar refractivity (Wildman–Crippen MR) is 137 cm³/mol. The second-order valence-electron chi connectivity index (χ2n) is 9.32. The number of thiophene rings is 1. The Kier molecular flexibility index (Phi) is 5.98. The van der Waals surface area contributed by atoms with E-state index in [0.717, 1.165) is 36.6 Å². The van der Waals surface area contributed by atoms with E-state index in [9.17, 15) is 0 Å². The lowest BCUT2D eigenvalue weighted by molar-refractivity contribution is 0.647. The van der Waals surface area contributed by atoms with Crippen LogP contribution in [-0.2, 0) is 25.8 Å². The number of aryl methyl sites for hydroxylation is 4. The van der Waals surface area contributed by atoms with Crippen molar-refractivity contribution in [2.75, 3.05) is 0 Å². The fraction of sp³-hybridized carbons (Fsp3) is 0.321. The SMILES string of the molecule is Cc1ccccc1C1=NCc2nnc(C)n2-c2sc(CCc3ccc(CC(C)C)cc3)cc21. The summed E-state index contributed by atoms with van der Waals surface area (Å²) in [7, 11) is 0. The normalized spacial score (nSPS) is 12.9. The molecule has 2 aromatic heterocycles. The van der Waals surface area contributed by atoms with E-state index in [1.165, 1.54) is 37.7 Å². The van der Waals surface area contributed by atoms with E-state index in [2.05, 4.69) is 90.1 Å². The predicted octanol–water partition coefficient (Wildman–Crippen LogP) is 6.28. The van der Waals surface area contributed by atoms with Gasteiger partial charge in [-0.15, -0.1) is 21.5 Å². The first-order chi connectivity index (χ1) is 16.0. The van der Waals surface area contributed by atoms with Crippen LogP contribution < -0.4 is 0 Å². The van der Waals surface area contributed by atoms with Crippen molar-refractivity contribution in [2.24, 2.45) is 10.9 Å². The molecular formula is C28H30N4S. The summed E-state index contributed by atoms with van der Waals surface area (Å²) in [5, 5.41) is 9.93. The highest BCUT2D eigenvalue weighted by Crippen LogP contribution is 2.34. The quantitative estimate of drug-likeness (QED) is 0.344. The van der Waals surface area contributed by atoms with E-state index in [1.807, 2.05) is 18.3 Å². The minimum Gasteiger partial charge on any atom is -0.276 e. The van der Waals surface area contributed by atoms with Crippen LogP contribution in [0.1, 0.15) is 58.2 Å². The van der Waals surface area contributed by atoms with Gasteiger partial charge in [-0.1, -0.05) is 62.4 Å². The van der Waals surface area contributed by atoms with Crippen molar-refractivity contribution >= 4 is 17.0 Å². The van der Waals surface area contributed by atoms with Crippen LogP contribution >= 0.6 is 11.3 Å². The fourth-order valence-corrected chi connectivity index (χ4v) is 5.77. The van der Waals surface area contributed by atoms with Crippen molar-refractivity contribution in [3.8, 4) is 5.00 Å². The molecule has 0 saturated carbocycles. The Balaban J connectivity index is 1.47. The second kappa shape index (κ2) is 9.06. The van der Waals surface area contributed by atoms with Gasteiger partial charge in [-0.2, -0.15) is 0 Å². The first-order valence-corrected chi connectivity index (χ1v) is 12.5. The Hall–Kier alpha value is -3.05. The minimum absolute atomic E-state index is 0.546. The van der Waals surface area contributed by atoms with Gasteiger partial charge in [0.1, 0.15) is 17.4 Å². The zero-order valence-corrected chi connectivity index (χ0v) is 20.6. The molecule has 1 aliphatic rings. The van der Waals surface area contributed by atoms with Crippen LogP contribution in [0.15, 0.2) is 59.6 Å². The molecule has 0 saturated heterocycles. The number of rotatable bonds is 6. The molecule has 2 aromatic carbocycles. The van der Waals surface area contributed by atoms with Crippen LogP contribution in [0.25, 0.3) is 5.00 Å². The van der Waals surface area contributed by atoms with Crippen molar-refractivity contribution in [2.45, 2.75) is 53.5 Å². The van der Waals surface area contributed by atoms with E-state index >= 15 is 0 Å². The van der Waals surface area contributed by atoms with Gasteiger partial charge in [0.2, 0.25) is 0 Å². The standard InChI is InChI=1S/C28H30N4S/c1-18(2)15-22-11-9-21(10-12-22)13-14-23-16-25-27(24-8-6-5-7-19(24)3)29-17-26-31-30-20(4)32(26)28(25)33-23/h5-12,16,18H,13-15,17H2,1-4H3. The van der Waals surface area contributed by atoms with Crippen LogP contribution in [0, 0.1) is 19.8 Å². The Labute approximate surface area is 200 Å². The maximum absolute atomic E-state index is 5.02. The lowest BCUT2D eigenvalue weighted by Crippen LogP contribution is -2.06. The monoisotopic (exact) mass is 454 g/mol. The highest BCUT2D eigenvalue weighted by molar-refractivity contribution is 7.15. The number of aromatic nitrogens is 3. The Morgan fingerprint density at radius 2 is 1.67 bits per heavy atom. The molecule has 0 unspecified atom stereocenters. The number of nitrogens with zero attached hydrogens (tertiary/aromatic N) is 4. The van der Waals surface area contributed by atoms with Crippen LogP contribution in [0.5, 0.6) is 0 Å². The van der Waals surface area contributed by atoms with Crippen molar-refractivity contribution in [1.29, 1.82) is 0 Å². The van der Waals surface area contributed by atoms with Gasteiger partial charge in [0.25, 0.3) is 0 Å². The molecule has 3 heterocycles. The average Bonchev–Trinajstić information content (AvgIpc) is 3.33. The number of hydrogen-bond acceptors (Lipinski definition) is 4. The summed E-state index contributed by atoms with van der Waals surface area (Å²) in [4.78, 5) is 6.38. The van der Waals surface area contributed by atoms with Crippen LogP contribution in [-0.4, -0.2) is 20.5 Å². The molecule has 0 spiro atoms. The van der Waals surface area contributed by atoms with Gasteiger partial charge in [0.15, 0.2) is 5.82 Å². The second-order valence-corrected chi connectivity index (χ2v) is 10.4. The van der Waals surface area contributed by atoms with Crippen LogP contribution in [0.2, 0.25) is 0 Å². The van der Waals surface area contributed by atoms with E-state index in [-0.39, 0.29) is 0 Å². The highest BCUT2D eigenvalue weighted by Gasteiger charge is 2.25. The smallest absolute Gasteiger partial charge is 0.160 e. The summed E-state index contributed by atoms with van der Waals surface area (Å²) in [5.74, 6) is 2.51. The maximum atomic E-state index is 5.02. The number of hydrogen-bond donors (Lipinski definition) is 0. The molecule has 0 aliphatic carbocycles. The summed E-state index contributed by atoms with van der Waals surface area (Å²) >= 11 is 1.85. The van der Waals surface area contributed by atoms with Crippen molar-refractivity contribution < 1.29 is 0 Å². The minimum atomic E-state index is 0.546. The first kappa shape index (κ1) is 21.8. The molecule has 4 nitrogen and oxygen atoms in total. The van der Waals surface area contributed by atoms with Crippen LogP contribution in [0.4, 0.5) is 0 Å². The largest absolute Gasteiger partial charge is 0.276 e. The Morgan fingerprint density at radius 1 is 0.909 bits per heavy atom. The molecule has 5 heteroatoms. The number of aliphatic imine (C=N–C) groups is 1. The molecule has 0 fully saturated rings. The summed E-state index contributed by atoms with van der Waals surface area (Å²) in [6.07, 6.45) is 3.19. The number of benzene rings is 2. The molecular weight excluding hydrogens is 424 g/mol. The molecule has 0 amide bonds. The molecule has 1 aliphatic heterocycles. The van der Waals surface area contributed by atoms with Gasteiger partial charge >= 0.3 is 0 Å². The van der Waals surface area contributed by atoms with E-state index in [4.69, 9.17) is 4.99 Å². The van der Waals surface area contributed by atoms with Crippen molar-refractivity contribution in [3.05, 3.63) is 98.9 Å². The van der Waals surface area contributed by atoms with Gasteiger partial charge in [0.05, 0.1) is 5.71 Å². The molecule has 0 radical (unpaired) electrons. The summed E-state index contributed by atoms with van der Waals surface area (Å²) in [6.45, 7) is 9.27. The van der Waals surface area contributed by atoms with E-state index in [1.54, 1.807) is 0 Å². The molecule has 168 valence electrons. The highest BCUT2D eigenvalue weighted by atomic mass is 32.1. The van der Waals surface area contributed by atoms with Crippen molar-refractivity contribution in [1.82, 2.24) is 14.8 Å². The average molecular weight is 455 g/mol. The van der Waals surface area contributed by atoms with E-state index < -0.39 is 0 Å². The lowest BCUT2D eigenvalue weighted by Gasteiger charge is -2.09. The third-order valence-electron chi connectivity index (χ3n) is 6.22. The van der Waals surface area contributed by atoms with Gasteiger partial charge in [-0.3, -0.25) is 9.56 Å². The molecule has 0 N–H and O–H groups in total. The third kappa shape index (κ3) is 4.42. The zero-order chi connectivity index (χ0) is 22.9. The molecule has 4 aromatic rings.